The quantitative estimate of drug-likeness (QED) is 0.486. The second-order valence-electron chi connectivity index (χ2n) is 4.11. The first kappa shape index (κ1) is 14.2. The molecule has 0 fully saturated rings. The van der Waals surface area contributed by atoms with Gasteiger partial charge in [-0.1, -0.05) is 13.8 Å². The first-order chi connectivity index (χ1) is 7.91. The van der Waals surface area contributed by atoms with Crippen LogP contribution >= 0.6 is 22.6 Å². The fourth-order valence-electron chi connectivity index (χ4n) is 1.26. The molecule has 0 spiro atoms. The van der Waals surface area contributed by atoms with Gasteiger partial charge in [-0.3, -0.25) is 10.1 Å². The third kappa shape index (κ3) is 4.12. The van der Waals surface area contributed by atoms with Gasteiger partial charge in [-0.05, 0) is 40.6 Å². The molecule has 1 atom stereocenters. The van der Waals surface area contributed by atoms with E-state index in [1.807, 2.05) is 36.4 Å². The van der Waals surface area contributed by atoms with Crippen molar-refractivity contribution in [2.24, 2.45) is 5.92 Å². The Balaban J connectivity index is 2.80. The van der Waals surface area contributed by atoms with Gasteiger partial charge in [-0.15, -0.1) is 0 Å². The Kier molecular flexibility index (Phi) is 5.13. The molecule has 2 N–H and O–H groups in total. The van der Waals surface area contributed by atoms with Gasteiger partial charge in [0.15, 0.2) is 0 Å². The van der Waals surface area contributed by atoms with Crippen molar-refractivity contribution in [3.8, 4) is 0 Å². The molecule has 0 amide bonds. The monoisotopic (exact) mass is 350 g/mol. The van der Waals surface area contributed by atoms with Gasteiger partial charge in [-0.2, -0.15) is 0 Å². The van der Waals surface area contributed by atoms with Crippen molar-refractivity contribution in [2.45, 2.75) is 20.0 Å². The van der Waals surface area contributed by atoms with E-state index in [4.69, 9.17) is 0 Å². The second-order valence-corrected chi connectivity index (χ2v) is 5.36. The number of nitrogens with one attached hydrogen (secondary N) is 1. The highest BCUT2D eigenvalue weighted by molar-refractivity contribution is 14.1. The van der Waals surface area contributed by atoms with Crippen molar-refractivity contribution >= 4 is 34.0 Å². The van der Waals surface area contributed by atoms with Crippen LogP contribution in [0.15, 0.2) is 18.2 Å². The van der Waals surface area contributed by atoms with Crippen LogP contribution in [0.5, 0.6) is 0 Å². The Morgan fingerprint density at radius 3 is 2.71 bits per heavy atom. The molecule has 1 aromatic rings. The molecule has 1 unspecified atom stereocenters. The maximum absolute atomic E-state index is 10.9. The highest BCUT2D eigenvalue weighted by Crippen LogP contribution is 2.26. The van der Waals surface area contributed by atoms with Gasteiger partial charge in [-0.25, -0.2) is 0 Å². The van der Waals surface area contributed by atoms with Crippen molar-refractivity contribution in [3.05, 3.63) is 31.9 Å². The number of anilines is 1. The molecule has 0 aliphatic heterocycles. The highest BCUT2D eigenvalue weighted by Gasteiger charge is 2.15. The Hall–Kier alpha value is -0.890. The van der Waals surface area contributed by atoms with E-state index in [2.05, 4.69) is 5.32 Å². The molecule has 6 heteroatoms. The number of halogens is 1. The third-order valence-corrected chi connectivity index (χ3v) is 3.10. The van der Waals surface area contributed by atoms with Crippen LogP contribution in [0.4, 0.5) is 11.4 Å². The first-order valence-electron chi connectivity index (χ1n) is 5.27. The van der Waals surface area contributed by atoms with Gasteiger partial charge >= 0.3 is 0 Å². The molecule has 0 radical (unpaired) electrons. The minimum absolute atomic E-state index is 0.0351. The molecule has 0 aromatic heterocycles. The van der Waals surface area contributed by atoms with Crippen LogP contribution in [0.2, 0.25) is 0 Å². The summed E-state index contributed by atoms with van der Waals surface area (Å²) >= 11 is 2.03. The zero-order valence-corrected chi connectivity index (χ0v) is 11.8. The van der Waals surface area contributed by atoms with Gasteiger partial charge in [0.1, 0.15) is 5.69 Å². The lowest BCUT2D eigenvalue weighted by Gasteiger charge is -2.15. The van der Waals surface area contributed by atoms with Crippen LogP contribution in [0.1, 0.15) is 13.8 Å². The van der Waals surface area contributed by atoms with Gasteiger partial charge in [0.25, 0.3) is 5.69 Å². The van der Waals surface area contributed by atoms with E-state index in [9.17, 15) is 15.2 Å². The van der Waals surface area contributed by atoms with E-state index in [0.29, 0.717) is 12.2 Å². The average Bonchev–Trinajstić information content (AvgIpc) is 2.26. The lowest BCUT2D eigenvalue weighted by atomic mass is 10.1. The number of hydrogen-bond donors (Lipinski definition) is 2. The van der Waals surface area contributed by atoms with Gasteiger partial charge in [0.05, 0.1) is 11.0 Å². The number of rotatable bonds is 5. The van der Waals surface area contributed by atoms with E-state index in [1.165, 1.54) is 6.07 Å². The summed E-state index contributed by atoms with van der Waals surface area (Å²) in [4.78, 5) is 10.4. The van der Waals surface area contributed by atoms with E-state index in [1.54, 1.807) is 12.1 Å². The molecule has 0 heterocycles. The number of nitro benzene ring substituents is 1. The summed E-state index contributed by atoms with van der Waals surface area (Å²) in [6.45, 7) is 4.10. The number of nitro groups is 1. The Labute approximate surface area is 114 Å². The van der Waals surface area contributed by atoms with E-state index in [-0.39, 0.29) is 11.6 Å². The zero-order valence-electron chi connectivity index (χ0n) is 9.68. The maximum atomic E-state index is 10.9. The van der Waals surface area contributed by atoms with Crippen LogP contribution in [-0.4, -0.2) is 22.7 Å². The molecule has 1 aromatic carbocycles. The molecule has 0 aliphatic carbocycles. The Morgan fingerprint density at radius 2 is 2.18 bits per heavy atom. The van der Waals surface area contributed by atoms with Crippen LogP contribution in [0.25, 0.3) is 0 Å². The fourth-order valence-corrected chi connectivity index (χ4v) is 1.73. The van der Waals surface area contributed by atoms with Crippen LogP contribution < -0.4 is 5.32 Å². The third-order valence-electron chi connectivity index (χ3n) is 2.43. The Morgan fingerprint density at radius 1 is 1.53 bits per heavy atom. The van der Waals surface area contributed by atoms with Crippen molar-refractivity contribution in [1.82, 2.24) is 0 Å². The summed E-state index contributed by atoms with van der Waals surface area (Å²) in [6, 6.07) is 4.95. The smallest absolute Gasteiger partial charge is 0.293 e. The first-order valence-corrected chi connectivity index (χ1v) is 6.35. The number of aliphatic hydroxyl groups is 1. The van der Waals surface area contributed by atoms with Gasteiger partial charge < -0.3 is 10.4 Å². The molecule has 17 heavy (non-hydrogen) atoms. The van der Waals surface area contributed by atoms with E-state index >= 15 is 0 Å². The predicted octanol–water partition coefficient (Wildman–Crippen LogP) is 2.63. The molecule has 0 saturated carbocycles. The predicted molar refractivity (Wildman–Crippen MR) is 75.1 cm³/mol. The normalized spacial score (nSPS) is 12.5. The summed E-state index contributed by atoms with van der Waals surface area (Å²) < 4.78 is 0.809. The highest BCUT2D eigenvalue weighted by atomic mass is 127. The topological polar surface area (TPSA) is 75.4 Å². The minimum Gasteiger partial charge on any atom is -0.391 e. The molecular formula is C11H15IN2O3. The van der Waals surface area contributed by atoms with E-state index < -0.39 is 11.0 Å². The molecule has 5 nitrogen and oxygen atoms in total. The Bertz CT molecular complexity index is 410. The minimum atomic E-state index is -0.520. The number of hydrogen-bond acceptors (Lipinski definition) is 4. The molecule has 0 saturated heterocycles. The summed E-state index contributed by atoms with van der Waals surface area (Å²) in [7, 11) is 0. The average molecular weight is 350 g/mol. The molecule has 94 valence electrons. The van der Waals surface area contributed by atoms with Crippen LogP contribution in [0, 0.1) is 19.6 Å². The van der Waals surface area contributed by atoms with Gasteiger partial charge in [0.2, 0.25) is 0 Å². The van der Waals surface area contributed by atoms with Crippen LogP contribution in [0.3, 0.4) is 0 Å². The maximum Gasteiger partial charge on any atom is 0.293 e. The van der Waals surface area contributed by atoms with E-state index in [0.717, 1.165) is 3.57 Å². The molecule has 0 aliphatic rings. The summed E-state index contributed by atoms with van der Waals surface area (Å²) in [5, 5.41) is 23.4. The number of benzene rings is 1. The summed E-state index contributed by atoms with van der Waals surface area (Å²) in [6.07, 6.45) is -0.520. The van der Waals surface area contributed by atoms with Crippen molar-refractivity contribution in [2.75, 3.05) is 11.9 Å². The SMILES string of the molecule is CC(C)C(O)CNc1ccc(I)cc1[N+](=O)[O-]. The van der Waals surface area contributed by atoms with Crippen molar-refractivity contribution < 1.29 is 10.0 Å². The molecule has 1 rings (SSSR count). The molecular weight excluding hydrogens is 335 g/mol. The summed E-state index contributed by atoms with van der Waals surface area (Å²) in [5.74, 6) is 0.116. The van der Waals surface area contributed by atoms with Crippen LogP contribution in [-0.2, 0) is 0 Å². The summed E-state index contributed by atoms with van der Waals surface area (Å²) in [5.41, 5.74) is 0.475. The lowest BCUT2D eigenvalue weighted by molar-refractivity contribution is -0.384. The molecule has 0 bridgehead atoms. The fraction of sp³-hybridized carbons (Fsp3) is 0.455. The van der Waals surface area contributed by atoms with Crippen molar-refractivity contribution in [3.63, 3.8) is 0 Å². The largest absolute Gasteiger partial charge is 0.391 e. The number of aliphatic hydroxyl groups excluding tert-OH is 1. The van der Waals surface area contributed by atoms with Gasteiger partial charge in [0, 0.05) is 16.2 Å². The second kappa shape index (κ2) is 6.15. The zero-order chi connectivity index (χ0) is 13.0. The lowest BCUT2D eigenvalue weighted by Crippen LogP contribution is -2.25. The standard InChI is InChI=1S/C11H15IN2O3/c1-7(2)11(15)6-13-9-4-3-8(12)5-10(9)14(16)17/h3-5,7,11,13,15H,6H2,1-2H3. The van der Waals surface area contributed by atoms with Crippen molar-refractivity contribution in [1.29, 1.82) is 0 Å². The number of nitrogens with zero attached hydrogens (tertiary/aromatic N) is 1.